The molecule has 0 bridgehead atoms. The number of carbonyl (C=O) groups excluding carboxylic acids is 1. The van der Waals surface area contributed by atoms with E-state index in [4.69, 9.17) is 0 Å². The zero-order valence-electron chi connectivity index (χ0n) is 12.2. The van der Waals surface area contributed by atoms with Crippen LogP contribution in [0.15, 0.2) is 47.4 Å². The van der Waals surface area contributed by atoms with E-state index < -0.39 is 0 Å². The van der Waals surface area contributed by atoms with Gasteiger partial charge < -0.3 is 5.32 Å². The predicted octanol–water partition coefficient (Wildman–Crippen LogP) is 4.56. The molecule has 1 amide bonds. The van der Waals surface area contributed by atoms with Crippen molar-refractivity contribution >= 4 is 23.4 Å². The van der Waals surface area contributed by atoms with Gasteiger partial charge in [-0.1, -0.05) is 23.8 Å². The van der Waals surface area contributed by atoms with Gasteiger partial charge in [-0.05, 0) is 43.7 Å². The Balaban J connectivity index is 1.79. The number of aryl methyl sites for hydroxylation is 2. The Morgan fingerprint density at radius 3 is 2.52 bits per heavy atom. The monoisotopic (exact) mass is 303 g/mol. The zero-order valence-corrected chi connectivity index (χ0v) is 13.0. The highest BCUT2D eigenvalue weighted by Gasteiger charge is 2.05. The van der Waals surface area contributed by atoms with Crippen LogP contribution in [0.2, 0.25) is 0 Å². The van der Waals surface area contributed by atoms with E-state index in [-0.39, 0.29) is 11.7 Å². The highest BCUT2D eigenvalue weighted by atomic mass is 32.2. The van der Waals surface area contributed by atoms with Gasteiger partial charge in [0.1, 0.15) is 5.82 Å². The lowest BCUT2D eigenvalue weighted by Crippen LogP contribution is -2.12. The fourth-order valence-electron chi connectivity index (χ4n) is 1.79. The topological polar surface area (TPSA) is 29.1 Å². The molecular formula is C17H18FNOS. The summed E-state index contributed by atoms with van der Waals surface area (Å²) in [6, 6.07) is 12.9. The van der Waals surface area contributed by atoms with Gasteiger partial charge in [0.15, 0.2) is 0 Å². The molecular weight excluding hydrogens is 285 g/mol. The summed E-state index contributed by atoms with van der Waals surface area (Å²) in [7, 11) is 0. The zero-order chi connectivity index (χ0) is 15.2. The van der Waals surface area contributed by atoms with Crippen LogP contribution in [0.5, 0.6) is 0 Å². The third-order valence-corrected chi connectivity index (χ3v) is 4.09. The second kappa shape index (κ2) is 7.27. The molecule has 0 saturated carbocycles. The Labute approximate surface area is 128 Å². The molecule has 0 radical (unpaired) electrons. The van der Waals surface area contributed by atoms with Crippen LogP contribution in [-0.2, 0) is 4.79 Å². The van der Waals surface area contributed by atoms with Crippen molar-refractivity contribution in [2.45, 2.75) is 25.2 Å². The number of benzene rings is 2. The van der Waals surface area contributed by atoms with Crippen LogP contribution in [0.25, 0.3) is 0 Å². The number of nitrogens with one attached hydrogen (secondary N) is 1. The van der Waals surface area contributed by atoms with Crippen molar-refractivity contribution in [2.75, 3.05) is 11.1 Å². The fraction of sp³-hybridized carbons (Fsp3) is 0.235. The van der Waals surface area contributed by atoms with Gasteiger partial charge in [-0.25, -0.2) is 4.39 Å². The molecule has 21 heavy (non-hydrogen) atoms. The number of carbonyl (C=O) groups is 1. The fourth-order valence-corrected chi connectivity index (χ4v) is 2.64. The largest absolute Gasteiger partial charge is 0.326 e. The molecule has 2 nitrogen and oxygen atoms in total. The van der Waals surface area contributed by atoms with Crippen molar-refractivity contribution in [3.63, 3.8) is 0 Å². The van der Waals surface area contributed by atoms with Crippen LogP contribution in [0, 0.1) is 19.7 Å². The van der Waals surface area contributed by atoms with E-state index in [1.807, 2.05) is 19.1 Å². The summed E-state index contributed by atoms with van der Waals surface area (Å²) in [4.78, 5) is 13.0. The lowest BCUT2D eigenvalue weighted by Gasteiger charge is -2.06. The van der Waals surface area contributed by atoms with Crippen LogP contribution >= 0.6 is 11.8 Å². The SMILES string of the molecule is Cc1ccc(SCCC(=O)Nc2ccc(C)c(F)c2)cc1. The van der Waals surface area contributed by atoms with Gasteiger partial charge in [0.2, 0.25) is 5.91 Å². The first kappa shape index (κ1) is 15.6. The molecule has 2 aromatic rings. The molecule has 0 atom stereocenters. The average Bonchev–Trinajstić information content (AvgIpc) is 2.45. The molecule has 0 heterocycles. The van der Waals surface area contributed by atoms with E-state index in [1.165, 1.54) is 11.6 Å². The van der Waals surface area contributed by atoms with Crippen molar-refractivity contribution in [3.8, 4) is 0 Å². The van der Waals surface area contributed by atoms with Gasteiger partial charge in [0.25, 0.3) is 0 Å². The van der Waals surface area contributed by atoms with Crippen LogP contribution in [-0.4, -0.2) is 11.7 Å². The summed E-state index contributed by atoms with van der Waals surface area (Å²) in [5, 5.41) is 2.71. The molecule has 0 saturated heterocycles. The minimum Gasteiger partial charge on any atom is -0.326 e. The van der Waals surface area contributed by atoms with Crippen LogP contribution in [0.3, 0.4) is 0 Å². The molecule has 2 rings (SSSR count). The molecule has 0 aliphatic carbocycles. The maximum Gasteiger partial charge on any atom is 0.225 e. The third-order valence-electron chi connectivity index (χ3n) is 3.07. The Bertz CT molecular complexity index is 625. The second-order valence-electron chi connectivity index (χ2n) is 4.92. The third kappa shape index (κ3) is 4.90. The standard InChI is InChI=1S/C17H18FNOS/c1-12-3-7-15(8-4-12)21-10-9-17(20)19-14-6-5-13(2)16(18)11-14/h3-8,11H,9-10H2,1-2H3,(H,19,20). The number of amides is 1. The summed E-state index contributed by atoms with van der Waals surface area (Å²) in [6.45, 7) is 3.74. The molecule has 4 heteroatoms. The molecule has 1 N–H and O–H groups in total. The summed E-state index contributed by atoms with van der Waals surface area (Å²) < 4.78 is 13.4. The van der Waals surface area contributed by atoms with E-state index in [2.05, 4.69) is 17.4 Å². The number of anilines is 1. The van der Waals surface area contributed by atoms with Crippen molar-refractivity contribution < 1.29 is 9.18 Å². The Kier molecular flexibility index (Phi) is 5.39. The summed E-state index contributed by atoms with van der Waals surface area (Å²) in [5.74, 6) is 0.295. The highest BCUT2D eigenvalue weighted by molar-refractivity contribution is 7.99. The Morgan fingerprint density at radius 1 is 1.14 bits per heavy atom. The van der Waals surface area contributed by atoms with Gasteiger partial charge in [-0.15, -0.1) is 11.8 Å². The summed E-state index contributed by atoms with van der Waals surface area (Å²) >= 11 is 1.64. The first-order valence-corrected chi connectivity index (χ1v) is 7.78. The van der Waals surface area contributed by atoms with E-state index in [1.54, 1.807) is 30.8 Å². The van der Waals surface area contributed by atoms with Crippen molar-refractivity contribution in [2.24, 2.45) is 0 Å². The van der Waals surface area contributed by atoms with E-state index in [9.17, 15) is 9.18 Å². The molecule has 0 aliphatic heterocycles. The number of hydrogen-bond acceptors (Lipinski definition) is 2. The predicted molar refractivity (Wildman–Crippen MR) is 86.3 cm³/mol. The number of thioether (sulfide) groups is 1. The Morgan fingerprint density at radius 2 is 1.86 bits per heavy atom. The minimum absolute atomic E-state index is 0.0992. The first-order valence-electron chi connectivity index (χ1n) is 6.80. The molecule has 0 spiro atoms. The lowest BCUT2D eigenvalue weighted by atomic mass is 10.2. The molecule has 0 aromatic heterocycles. The van der Waals surface area contributed by atoms with E-state index in [0.29, 0.717) is 23.4 Å². The molecule has 0 aliphatic rings. The van der Waals surface area contributed by atoms with Gasteiger partial charge in [0.05, 0.1) is 0 Å². The van der Waals surface area contributed by atoms with Crippen LogP contribution < -0.4 is 5.32 Å². The Hall–Kier alpha value is -1.81. The number of halogens is 1. The first-order chi connectivity index (χ1) is 10.0. The van der Waals surface area contributed by atoms with Crippen molar-refractivity contribution in [3.05, 3.63) is 59.4 Å². The quantitative estimate of drug-likeness (QED) is 0.820. The van der Waals surface area contributed by atoms with Crippen molar-refractivity contribution in [1.29, 1.82) is 0 Å². The van der Waals surface area contributed by atoms with E-state index in [0.717, 1.165) is 4.90 Å². The lowest BCUT2D eigenvalue weighted by molar-refractivity contribution is -0.115. The average molecular weight is 303 g/mol. The van der Waals surface area contributed by atoms with Gasteiger partial charge in [0, 0.05) is 22.8 Å². The van der Waals surface area contributed by atoms with Crippen LogP contribution in [0.4, 0.5) is 10.1 Å². The summed E-state index contributed by atoms with van der Waals surface area (Å²) in [6.07, 6.45) is 0.397. The number of rotatable bonds is 5. The minimum atomic E-state index is -0.304. The highest BCUT2D eigenvalue weighted by Crippen LogP contribution is 2.19. The smallest absolute Gasteiger partial charge is 0.225 e. The normalized spacial score (nSPS) is 10.4. The second-order valence-corrected chi connectivity index (χ2v) is 6.09. The maximum atomic E-state index is 13.4. The molecule has 2 aromatic carbocycles. The summed E-state index contributed by atoms with van der Waals surface area (Å²) in [5.41, 5.74) is 2.30. The van der Waals surface area contributed by atoms with Gasteiger partial charge in [-0.3, -0.25) is 4.79 Å². The molecule has 0 fully saturated rings. The molecule has 110 valence electrons. The maximum absolute atomic E-state index is 13.4. The van der Waals surface area contributed by atoms with E-state index >= 15 is 0 Å². The molecule has 0 unspecified atom stereocenters. The van der Waals surface area contributed by atoms with Crippen molar-refractivity contribution in [1.82, 2.24) is 0 Å². The van der Waals surface area contributed by atoms with Crippen LogP contribution in [0.1, 0.15) is 17.5 Å². The number of hydrogen-bond donors (Lipinski definition) is 1. The van der Waals surface area contributed by atoms with Gasteiger partial charge in [-0.2, -0.15) is 0 Å². The van der Waals surface area contributed by atoms with Gasteiger partial charge >= 0.3 is 0 Å².